The Balaban J connectivity index is 1.84. The molecule has 1 aromatic heterocycles. The van der Waals surface area contributed by atoms with Crippen LogP contribution in [-0.2, 0) is 11.3 Å². The van der Waals surface area contributed by atoms with Gasteiger partial charge in [-0.3, -0.25) is 4.79 Å². The van der Waals surface area contributed by atoms with E-state index in [9.17, 15) is 4.79 Å². The van der Waals surface area contributed by atoms with Gasteiger partial charge in [-0.25, -0.2) is 0 Å². The molecule has 1 aliphatic carbocycles. The van der Waals surface area contributed by atoms with Gasteiger partial charge in [-0.05, 0) is 30.9 Å². The van der Waals surface area contributed by atoms with Crippen LogP contribution < -0.4 is 11.1 Å². The van der Waals surface area contributed by atoms with Gasteiger partial charge in [-0.15, -0.1) is 0 Å². The van der Waals surface area contributed by atoms with Crippen molar-refractivity contribution in [3.8, 4) is 0 Å². The second kappa shape index (κ2) is 6.05. The molecule has 1 aromatic rings. The van der Waals surface area contributed by atoms with E-state index < -0.39 is 0 Å². The van der Waals surface area contributed by atoms with E-state index in [0.29, 0.717) is 12.6 Å². The molecule has 1 saturated carbocycles. The molecule has 1 heterocycles. The Morgan fingerprint density at radius 3 is 2.94 bits per heavy atom. The molecule has 4 nitrogen and oxygen atoms in total. The quantitative estimate of drug-likeness (QED) is 0.838. The highest BCUT2D eigenvalue weighted by Gasteiger charge is 2.17. The third-order valence-corrected chi connectivity index (χ3v) is 3.69. The zero-order valence-corrected chi connectivity index (χ0v) is 11.1. The SMILES string of the molecule is CCC(N)c1ccn(CC(=O)NC2CCCC2)c1. The predicted octanol–water partition coefficient (Wildman–Crippen LogP) is 1.96. The molecule has 1 atom stereocenters. The van der Waals surface area contributed by atoms with Crippen molar-refractivity contribution in [1.82, 2.24) is 9.88 Å². The summed E-state index contributed by atoms with van der Waals surface area (Å²) in [6.07, 6.45) is 9.56. The molecule has 4 heteroatoms. The highest BCUT2D eigenvalue weighted by atomic mass is 16.2. The number of aromatic nitrogens is 1. The summed E-state index contributed by atoms with van der Waals surface area (Å²) < 4.78 is 1.91. The van der Waals surface area contributed by atoms with E-state index in [-0.39, 0.29) is 11.9 Å². The van der Waals surface area contributed by atoms with Crippen LogP contribution in [0.25, 0.3) is 0 Å². The van der Waals surface area contributed by atoms with Crippen molar-refractivity contribution < 1.29 is 4.79 Å². The standard InChI is InChI=1S/C14H23N3O/c1-2-13(15)11-7-8-17(9-11)10-14(18)16-12-5-3-4-6-12/h7-9,12-13H,2-6,10,15H2,1H3,(H,16,18). The van der Waals surface area contributed by atoms with E-state index in [1.165, 1.54) is 12.8 Å². The lowest BCUT2D eigenvalue weighted by Gasteiger charge is -2.12. The number of nitrogens with one attached hydrogen (secondary N) is 1. The summed E-state index contributed by atoms with van der Waals surface area (Å²) in [5.41, 5.74) is 7.06. The maximum absolute atomic E-state index is 11.9. The lowest BCUT2D eigenvalue weighted by atomic mass is 10.1. The Labute approximate surface area is 109 Å². The first-order valence-corrected chi connectivity index (χ1v) is 6.89. The maximum atomic E-state index is 11.9. The summed E-state index contributed by atoms with van der Waals surface area (Å²) in [6, 6.07) is 2.46. The Hall–Kier alpha value is -1.29. The lowest BCUT2D eigenvalue weighted by Crippen LogP contribution is -2.34. The molecule has 0 spiro atoms. The Bertz CT molecular complexity index is 393. The number of carbonyl (C=O) groups is 1. The summed E-state index contributed by atoms with van der Waals surface area (Å²) in [4.78, 5) is 11.9. The molecule has 0 aliphatic heterocycles. The van der Waals surface area contributed by atoms with Gasteiger partial charge >= 0.3 is 0 Å². The molecular weight excluding hydrogens is 226 g/mol. The summed E-state index contributed by atoms with van der Waals surface area (Å²) in [5, 5.41) is 3.09. The summed E-state index contributed by atoms with van der Waals surface area (Å²) in [7, 11) is 0. The van der Waals surface area contributed by atoms with E-state index >= 15 is 0 Å². The molecule has 100 valence electrons. The number of amides is 1. The van der Waals surface area contributed by atoms with Crippen molar-refractivity contribution in [3.05, 3.63) is 24.0 Å². The second-order valence-corrected chi connectivity index (χ2v) is 5.18. The van der Waals surface area contributed by atoms with Crippen molar-refractivity contribution in [2.75, 3.05) is 0 Å². The van der Waals surface area contributed by atoms with Crippen LogP contribution in [0.15, 0.2) is 18.5 Å². The zero-order chi connectivity index (χ0) is 13.0. The summed E-state index contributed by atoms with van der Waals surface area (Å²) >= 11 is 0. The topological polar surface area (TPSA) is 60.0 Å². The highest BCUT2D eigenvalue weighted by Crippen LogP contribution is 2.17. The number of rotatable bonds is 5. The molecule has 0 bridgehead atoms. The molecular formula is C14H23N3O. The Morgan fingerprint density at radius 2 is 2.28 bits per heavy atom. The third-order valence-electron chi connectivity index (χ3n) is 3.69. The van der Waals surface area contributed by atoms with Crippen molar-refractivity contribution >= 4 is 5.91 Å². The molecule has 0 aromatic carbocycles. The zero-order valence-electron chi connectivity index (χ0n) is 11.1. The number of nitrogens with two attached hydrogens (primary N) is 1. The molecule has 1 aliphatic rings. The first-order chi connectivity index (χ1) is 8.69. The second-order valence-electron chi connectivity index (χ2n) is 5.18. The van der Waals surface area contributed by atoms with Crippen LogP contribution in [0, 0.1) is 0 Å². The fourth-order valence-corrected chi connectivity index (χ4v) is 2.52. The van der Waals surface area contributed by atoms with E-state index in [4.69, 9.17) is 5.73 Å². The van der Waals surface area contributed by atoms with Gasteiger partial charge < -0.3 is 15.6 Å². The molecule has 0 saturated heterocycles. The van der Waals surface area contributed by atoms with Crippen LogP contribution in [0.1, 0.15) is 50.6 Å². The smallest absolute Gasteiger partial charge is 0.240 e. The fraction of sp³-hybridized carbons (Fsp3) is 0.643. The molecule has 2 rings (SSSR count). The van der Waals surface area contributed by atoms with Crippen molar-refractivity contribution in [3.63, 3.8) is 0 Å². The first kappa shape index (κ1) is 13.1. The van der Waals surface area contributed by atoms with Crippen LogP contribution >= 0.6 is 0 Å². The molecule has 1 amide bonds. The highest BCUT2D eigenvalue weighted by molar-refractivity contribution is 5.76. The van der Waals surface area contributed by atoms with E-state index in [1.54, 1.807) is 0 Å². The molecule has 1 unspecified atom stereocenters. The van der Waals surface area contributed by atoms with Gasteiger partial charge in [0.2, 0.25) is 5.91 Å². The van der Waals surface area contributed by atoms with Gasteiger partial charge in [0, 0.05) is 24.5 Å². The largest absolute Gasteiger partial charge is 0.352 e. The van der Waals surface area contributed by atoms with Gasteiger partial charge in [-0.2, -0.15) is 0 Å². The Kier molecular flexibility index (Phi) is 4.42. The van der Waals surface area contributed by atoms with Gasteiger partial charge in [0.1, 0.15) is 6.54 Å². The van der Waals surface area contributed by atoms with Crippen LogP contribution in [-0.4, -0.2) is 16.5 Å². The van der Waals surface area contributed by atoms with Crippen LogP contribution in [0.4, 0.5) is 0 Å². The third kappa shape index (κ3) is 3.35. The van der Waals surface area contributed by atoms with Crippen LogP contribution in [0.3, 0.4) is 0 Å². The first-order valence-electron chi connectivity index (χ1n) is 6.89. The van der Waals surface area contributed by atoms with Crippen LogP contribution in [0.5, 0.6) is 0 Å². The molecule has 0 radical (unpaired) electrons. The number of nitrogens with zero attached hydrogens (tertiary/aromatic N) is 1. The van der Waals surface area contributed by atoms with Gasteiger partial charge in [-0.1, -0.05) is 19.8 Å². The fourth-order valence-electron chi connectivity index (χ4n) is 2.52. The van der Waals surface area contributed by atoms with Gasteiger partial charge in [0.05, 0.1) is 0 Å². The van der Waals surface area contributed by atoms with Crippen LogP contribution in [0.2, 0.25) is 0 Å². The minimum absolute atomic E-state index is 0.0733. The van der Waals surface area contributed by atoms with Gasteiger partial charge in [0.25, 0.3) is 0 Å². The normalized spacial score (nSPS) is 17.9. The lowest BCUT2D eigenvalue weighted by molar-refractivity contribution is -0.122. The van der Waals surface area contributed by atoms with E-state index in [1.807, 2.05) is 23.0 Å². The number of hydrogen-bond acceptors (Lipinski definition) is 2. The van der Waals surface area contributed by atoms with E-state index in [0.717, 1.165) is 24.8 Å². The molecule has 18 heavy (non-hydrogen) atoms. The Morgan fingerprint density at radius 1 is 1.56 bits per heavy atom. The van der Waals surface area contributed by atoms with Crippen molar-refractivity contribution in [1.29, 1.82) is 0 Å². The number of hydrogen-bond donors (Lipinski definition) is 2. The minimum Gasteiger partial charge on any atom is -0.352 e. The summed E-state index contributed by atoms with van der Waals surface area (Å²) in [5.74, 6) is 0.106. The van der Waals surface area contributed by atoms with Gasteiger partial charge in [0.15, 0.2) is 0 Å². The van der Waals surface area contributed by atoms with Crippen molar-refractivity contribution in [2.24, 2.45) is 5.73 Å². The number of carbonyl (C=O) groups excluding carboxylic acids is 1. The summed E-state index contributed by atoms with van der Waals surface area (Å²) in [6.45, 7) is 2.46. The predicted molar refractivity (Wildman–Crippen MR) is 72.1 cm³/mol. The monoisotopic (exact) mass is 249 g/mol. The van der Waals surface area contributed by atoms with Crippen molar-refractivity contribution in [2.45, 2.75) is 57.7 Å². The van der Waals surface area contributed by atoms with E-state index in [2.05, 4.69) is 12.2 Å². The molecule has 1 fully saturated rings. The molecule has 3 N–H and O–H groups in total. The minimum atomic E-state index is 0.0733. The average molecular weight is 249 g/mol. The average Bonchev–Trinajstić information content (AvgIpc) is 2.99. The maximum Gasteiger partial charge on any atom is 0.240 e.